The van der Waals surface area contributed by atoms with Crippen molar-refractivity contribution in [2.75, 3.05) is 21.3 Å². The fourth-order valence-corrected chi connectivity index (χ4v) is 5.70. The average molecular weight is 573 g/mol. The number of carbonyl (C=O) groups excluding carboxylic acids is 1. The molecule has 0 spiro atoms. The molecule has 0 aliphatic carbocycles. The minimum absolute atomic E-state index is 0.00500. The first-order valence-corrected chi connectivity index (χ1v) is 13.5. The molecule has 2 heterocycles. The molecule has 5 rings (SSSR count). The molecule has 4 aromatic rings. The molecule has 9 nitrogen and oxygen atoms in total. The zero-order valence-corrected chi connectivity index (χ0v) is 23.7. The summed E-state index contributed by atoms with van der Waals surface area (Å²) < 4.78 is 23.9. The smallest absolute Gasteiger partial charge is 0.338 e. The number of rotatable bonds is 8. The van der Waals surface area contributed by atoms with Crippen molar-refractivity contribution in [1.29, 1.82) is 0 Å². The summed E-state index contributed by atoms with van der Waals surface area (Å²) in [5.41, 5.74) is 2.66. The number of aromatic nitrogens is 1. The van der Waals surface area contributed by atoms with Crippen LogP contribution < -0.4 is 29.1 Å². The van der Waals surface area contributed by atoms with Gasteiger partial charge in [0.25, 0.3) is 5.56 Å². The van der Waals surface area contributed by atoms with Gasteiger partial charge in [-0.3, -0.25) is 9.36 Å². The van der Waals surface area contributed by atoms with E-state index in [9.17, 15) is 14.7 Å². The average Bonchev–Trinajstić information content (AvgIpc) is 3.30. The van der Waals surface area contributed by atoms with E-state index in [1.54, 1.807) is 43.3 Å². The third-order valence-electron chi connectivity index (χ3n) is 6.67. The molecule has 0 bridgehead atoms. The van der Waals surface area contributed by atoms with E-state index >= 15 is 0 Å². The molecule has 41 heavy (non-hydrogen) atoms. The van der Waals surface area contributed by atoms with Gasteiger partial charge in [0.1, 0.15) is 6.61 Å². The van der Waals surface area contributed by atoms with Crippen LogP contribution in [0.3, 0.4) is 0 Å². The highest BCUT2D eigenvalue weighted by Crippen LogP contribution is 2.36. The molecule has 1 aromatic heterocycles. The Bertz CT molecular complexity index is 1820. The van der Waals surface area contributed by atoms with E-state index in [0.29, 0.717) is 44.3 Å². The lowest BCUT2D eigenvalue weighted by molar-refractivity contribution is -0.136. The number of phenolic OH excluding ortho intramolecular Hbond substituents is 1. The number of nitrogens with zero attached hydrogens (tertiary/aromatic N) is 2. The zero-order chi connectivity index (χ0) is 29.1. The van der Waals surface area contributed by atoms with E-state index in [2.05, 4.69) is 4.99 Å². The Morgan fingerprint density at radius 3 is 2.46 bits per heavy atom. The molecule has 1 N–H and O–H groups in total. The second-order valence-electron chi connectivity index (χ2n) is 9.19. The molecular formula is C31H28N2O7S. The maximum absolute atomic E-state index is 13.8. The van der Waals surface area contributed by atoms with Crippen LogP contribution in [0.5, 0.6) is 23.0 Å². The van der Waals surface area contributed by atoms with Gasteiger partial charge in [-0.05, 0) is 54.0 Å². The summed E-state index contributed by atoms with van der Waals surface area (Å²) in [7, 11) is 4.29. The Balaban J connectivity index is 1.62. The van der Waals surface area contributed by atoms with Crippen LogP contribution in [0.15, 0.2) is 87.8 Å². The fourth-order valence-electron chi connectivity index (χ4n) is 4.65. The molecule has 1 aliphatic heterocycles. The summed E-state index contributed by atoms with van der Waals surface area (Å²) >= 11 is 1.20. The van der Waals surface area contributed by atoms with Gasteiger partial charge in [0.2, 0.25) is 0 Å². The molecule has 0 saturated heterocycles. The zero-order valence-electron chi connectivity index (χ0n) is 22.9. The van der Waals surface area contributed by atoms with Gasteiger partial charge in [-0.1, -0.05) is 53.8 Å². The number of esters is 1. The summed E-state index contributed by atoms with van der Waals surface area (Å²) in [6.45, 7) is 2.07. The van der Waals surface area contributed by atoms with Crippen molar-refractivity contribution in [3.63, 3.8) is 0 Å². The van der Waals surface area contributed by atoms with Crippen LogP contribution in [0.4, 0.5) is 0 Å². The molecule has 1 atom stereocenters. The Morgan fingerprint density at radius 2 is 1.76 bits per heavy atom. The van der Waals surface area contributed by atoms with E-state index in [0.717, 1.165) is 5.56 Å². The first kappa shape index (κ1) is 27.7. The van der Waals surface area contributed by atoms with Gasteiger partial charge in [0, 0.05) is 0 Å². The second kappa shape index (κ2) is 11.7. The number of hydrogen-bond acceptors (Lipinski definition) is 9. The molecule has 3 aromatic carbocycles. The van der Waals surface area contributed by atoms with Gasteiger partial charge < -0.3 is 24.1 Å². The molecule has 210 valence electrons. The minimum atomic E-state index is -0.813. The number of allylic oxidation sites excluding steroid dienone is 1. The quantitative estimate of drug-likeness (QED) is 0.321. The van der Waals surface area contributed by atoms with Crippen molar-refractivity contribution in [2.24, 2.45) is 4.99 Å². The molecule has 1 unspecified atom stereocenters. The van der Waals surface area contributed by atoms with Crippen molar-refractivity contribution in [1.82, 2.24) is 4.57 Å². The third kappa shape index (κ3) is 5.46. The Hall–Kier alpha value is -4.83. The monoisotopic (exact) mass is 572 g/mol. The molecule has 1 aliphatic rings. The lowest BCUT2D eigenvalue weighted by Gasteiger charge is -2.25. The summed E-state index contributed by atoms with van der Waals surface area (Å²) in [4.78, 5) is 31.9. The maximum atomic E-state index is 13.8. The summed E-state index contributed by atoms with van der Waals surface area (Å²) in [6.07, 6.45) is 1.70. The number of thiazole rings is 1. The molecule has 0 saturated carbocycles. The second-order valence-corrected chi connectivity index (χ2v) is 10.2. The number of ether oxygens (including phenoxy) is 4. The number of aromatic hydroxyl groups is 1. The Labute approximate surface area is 239 Å². The predicted octanol–water partition coefficient (Wildman–Crippen LogP) is 3.71. The van der Waals surface area contributed by atoms with E-state index in [-0.39, 0.29) is 22.6 Å². The van der Waals surface area contributed by atoms with Crippen molar-refractivity contribution in [3.8, 4) is 23.0 Å². The van der Waals surface area contributed by atoms with Crippen LogP contribution in [0.1, 0.15) is 29.7 Å². The topological polar surface area (TPSA) is 109 Å². The van der Waals surface area contributed by atoms with Crippen molar-refractivity contribution < 1.29 is 28.8 Å². The minimum Gasteiger partial charge on any atom is -0.504 e. The predicted molar refractivity (Wildman–Crippen MR) is 154 cm³/mol. The normalized spacial score (nSPS) is 14.7. The van der Waals surface area contributed by atoms with Crippen LogP contribution in [0.25, 0.3) is 6.08 Å². The summed E-state index contributed by atoms with van der Waals surface area (Å²) in [6, 6.07) is 19.1. The van der Waals surface area contributed by atoms with E-state index in [4.69, 9.17) is 18.9 Å². The van der Waals surface area contributed by atoms with Gasteiger partial charge in [0.15, 0.2) is 27.8 Å². The van der Waals surface area contributed by atoms with Crippen molar-refractivity contribution in [3.05, 3.63) is 114 Å². The fraction of sp³-hybridized carbons (Fsp3) is 0.194. The summed E-state index contributed by atoms with van der Waals surface area (Å²) in [5.74, 6) is 0.673. The maximum Gasteiger partial charge on any atom is 0.338 e. The van der Waals surface area contributed by atoms with Crippen LogP contribution in [0, 0.1) is 0 Å². The van der Waals surface area contributed by atoms with Gasteiger partial charge >= 0.3 is 5.97 Å². The first-order chi connectivity index (χ1) is 19.8. The molecule has 0 fully saturated rings. The highest BCUT2D eigenvalue weighted by molar-refractivity contribution is 7.07. The number of fused-ring (bicyclic) bond motifs is 1. The van der Waals surface area contributed by atoms with Crippen LogP contribution in [-0.4, -0.2) is 37.0 Å². The number of methoxy groups -OCH3 is 3. The van der Waals surface area contributed by atoms with Gasteiger partial charge in [-0.25, -0.2) is 9.79 Å². The molecular weight excluding hydrogens is 544 g/mol. The third-order valence-corrected chi connectivity index (χ3v) is 7.65. The number of phenols is 1. The summed E-state index contributed by atoms with van der Waals surface area (Å²) in [5, 5.41) is 9.95. The van der Waals surface area contributed by atoms with E-state index in [1.807, 2.05) is 30.3 Å². The lowest BCUT2D eigenvalue weighted by Crippen LogP contribution is -2.39. The van der Waals surface area contributed by atoms with Gasteiger partial charge in [0.05, 0.1) is 43.2 Å². The van der Waals surface area contributed by atoms with E-state index < -0.39 is 12.0 Å². The standard InChI is InChI=1S/C31H28N2O7S/c1-18-27(30(36)39-4)28(21-11-13-23(25(16-21)38-3)40-17-19-8-6-5-7-9-19)33-29(35)26(41-31(33)32-18)15-20-10-12-22(34)24(14-20)37-2/h5-16,28,34H,17H2,1-4H3/b26-15-. The number of benzene rings is 3. The Morgan fingerprint density at radius 1 is 1.00 bits per heavy atom. The van der Waals surface area contributed by atoms with Crippen molar-refractivity contribution in [2.45, 2.75) is 19.6 Å². The molecule has 0 radical (unpaired) electrons. The van der Waals surface area contributed by atoms with Crippen LogP contribution >= 0.6 is 11.3 Å². The molecule has 0 amide bonds. The SMILES string of the molecule is COC(=O)C1=C(C)N=c2s/c(=C\c3ccc(O)c(OC)c3)c(=O)n2C1c1ccc(OCc2ccccc2)c(OC)c1. The number of hydrogen-bond donors (Lipinski definition) is 1. The Kier molecular flexibility index (Phi) is 7.93. The largest absolute Gasteiger partial charge is 0.504 e. The van der Waals surface area contributed by atoms with Gasteiger partial charge in [-0.15, -0.1) is 0 Å². The molecule has 10 heteroatoms. The first-order valence-electron chi connectivity index (χ1n) is 12.7. The van der Waals surface area contributed by atoms with Crippen LogP contribution in [0.2, 0.25) is 0 Å². The van der Waals surface area contributed by atoms with E-state index in [1.165, 1.54) is 43.3 Å². The highest BCUT2D eigenvalue weighted by Gasteiger charge is 2.33. The lowest BCUT2D eigenvalue weighted by atomic mass is 9.95. The van der Waals surface area contributed by atoms with Gasteiger partial charge in [-0.2, -0.15) is 0 Å². The van der Waals surface area contributed by atoms with Crippen molar-refractivity contribution >= 4 is 23.4 Å². The highest BCUT2D eigenvalue weighted by atomic mass is 32.1. The van der Waals surface area contributed by atoms with Crippen LogP contribution in [-0.2, 0) is 16.1 Å². The number of carbonyl (C=O) groups is 1.